The Hall–Kier alpha value is -2.47. The van der Waals surface area contributed by atoms with Crippen molar-refractivity contribution in [1.29, 1.82) is 0 Å². The fourth-order valence-corrected chi connectivity index (χ4v) is 3.58. The molecule has 5 nitrogen and oxygen atoms in total. The van der Waals surface area contributed by atoms with Crippen LogP contribution in [0, 0.1) is 11.7 Å². The lowest BCUT2D eigenvalue weighted by Crippen LogP contribution is -2.45. The van der Waals surface area contributed by atoms with E-state index in [0.29, 0.717) is 24.7 Å². The number of rotatable bonds is 4. The number of nitrogens with zero attached hydrogens (tertiary/aromatic N) is 3. The second-order valence-electron chi connectivity index (χ2n) is 7.41. The van der Waals surface area contributed by atoms with Gasteiger partial charge in [-0.1, -0.05) is 26.0 Å². The zero-order chi connectivity index (χ0) is 19.4. The average Bonchev–Trinajstić information content (AvgIpc) is 2.86. The molecule has 27 heavy (non-hydrogen) atoms. The summed E-state index contributed by atoms with van der Waals surface area (Å²) in [4.78, 5) is 21.2. The van der Waals surface area contributed by atoms with Gasteiger partial charge in [-0.2, -0.15) is 0 Å². The number of benzene rings is 1. The lowest BCUT2D eigenvalue weighted by molar-refractivity contribution is 0.0696. The van der Waals surface area contributed by atoms with Gasteiger partial charge < -0.3 is 10.0 Å². The molecular formula is C21H26FN3O2. The van der Waals surface area contributed by atoms with Crippen molar-refractivity contribution in [1.82, 2.24) is 14.8 Å². The van der Waals surface area contributed by atoms with E-state index in [1.165, 1.54) is 24.4 Å². The summed E-state index contributed by atoms with van der Waals surface area (Å²) in [5, 5.41) is 9.38. The van der Waals surface area contributed by atoms with Crippen LogP contribution in [0.2, 0.25) is 0 Å². The van der Waals surface area contributed by atoms with Crippen molar-refractivity contribution >= 4 is 5.91 Å². The second kappa shape index (κ2) is 8.48. The molecule has 0 spiro atoms. The summed E-state index contributed by atoms with van der Waals surface area (Å²) in [6, 6.07) is 9.87. The number of carbonyl (C=O) groups is 1. The molecule has 1 amide bonds. The number of hydrogen-bond donors (Lipinski definition) is 1. The summed E-state index contributed by atoms with van der Waals surface area (Å²) >= 11 is 0. The summed E-state index contributed by atoms with van der Waals surface area (Å²) in [7, 11) is 0. The van der Waals surface area contributed by atoms with Crippen LogP contribution in [0.15, 0.2) is 42.6 Å². The molecule has 1 aromatic heterocycles. The first-order chi connectivity index (χ1) is 12.9. The topological polar surface area (TPSA) is 56.7 Å². The van der Waals surface area contributed by atoms with Gasteiger partial charge in [0.15, 0.2) is 0 Å². The number of hydrogen-bond acceptors (Lipinski definition) is 4. The molecule has 1 unspecified atom stereocenters. The summed E-state index contributed by atoms with van der Waals surface area (Å²) < 4.78 is 13.2. The highest BCUT2D eigenvalue weighted by atomic mass is 19.1. The summed E-state index contributed by atoms with van der Waals surface area (Å²) in [5.41, 5.74) is 1.42. The monoisotopic (exact) mass is 371 g/mol. The highest BCUT2D eigenvalue weighted by molar-refractivity contribution is 5.92. The molecule has 1 saturated heterocycles. The molecule has 0 bridgehead atoms. The van der Waals surface area contributed by atoms with Gasteiger partial charge in [-0.3, -0.25) is 9.69 Å². The van der Waals surface area contributed by atoms with Gasteiger partial charge >= 0.3 is 0 Å². The third-order valence-corrected chi connectivity index (χ3v) is 5.07. The maximum absolute atomic E-state index is 13.2. The molecule has 0 aliphatic carbocycles. The second-order valence-corrected chi connectivity index (χ2v) is 7.41. The Morgan fingerprint density at radius 3 is 2.59 bits per heavy atom. The van der Waals surface area contributed by atoms with Crippen LogP contribution in [0.3, 0.4) is 0 Å². The standard InChI is InChI=1S/C21H26FN3O2/c1-15(2)20-14-25(21(27)19-9-8-18(26)12-23-19)11-3-10-24(20)13-16-4-6-17(22)7-5-16/h4-9,12,15,20,26H,3,10-11,13-14H2,1-2H3. The third kappa shape index (κ3) is 4.83. The van der Waals surface area contributed by atoms with Crippen molar-refractivity contribution in [3.63, 3.8) is 0 Å². The predicted octanol–water partition coefficient (Wildman–Crippen LogP) is 3.30. The van der Waals surface area contributed by atoms with Crippen LogP contribution in [0.5, 0.6) is 5.75 Å². The van der Waals surface area contributed by atoms with Crippen LogP contribution >= 0.6 is 0 Å². The van der Waals surface area contributed by atoms with Crippen molar-refractivity contribution in [2.75, 3.05) is 19.6 Å². The zero-order valence-corrected chi connectivity index (χ0v) is 15.8. The summed E-state index contributed by atoms with van der Waals surface area (Å²) in [6.45, 7) is 7.24. The Balaban J connectivity index is 1.75. The Morgan fingerprint density at radius 2 is 1.96 bits per heavy atom. The van der Waals surface area contributed by atoms with E-state index in [1.807, 2.05) is 17.0 Å². The Labute approximate surface area is 159 Å². The van der Waals surface area contributed by atoms with E-state index in [2.05, 4.69) is 23.7 Å². The fraction of sp³-hybridized carbons (Fsp3) is 0.429. The number of aromatic nitrogens is 1. The zero-order valence-electron chi connectivity index (χ0n) is 15.8. The van der Waals surface area contributed by atoms with Gasteiger partial charge in [-0.25, -0.2) is 9.37 Å². The van der Waals surface area contributed by atoms with Crippen molar-refractivity contribution < 1.29 is 14.3 Å². The van der Waals surface area contributed by atoms with Crippen LogP contribution < -0.4 is 0 Å². The fourth-order valence-electron chi connectivity index (χ4n) is 3.58. The SMILES string of the molecule is CC(C)C1CN(C(=O)c2ccc(O)cn2)CCCN1Cc1ccc(F)cc1. The largest absolute Gasteiger partial charge is 0.506 e. The van der Waals surface area contributed by atoms with E-state index in [-0.39, 0.29) is 23.5 Å². The molecule has 2 aromatic rings. The highest BCUT2D eigenvalue weighted by Crippen LogP contribution is 2.21. The van der Waals surface area contributed by atoms with Crippen molar-refractivity contribution in [3.8, 4) is 5.75 Å². The molecule has 1 fully saturated rings. The van der Waals surface area contributed by atoms with E-state index in [1.54, 1.807) is 6.07 Å². The Bertz CT molecular complexity index is 762. The molecule has 1 N–H and O–H groups in total. The van der Waals surface area contributed by atoms with Gasteiger partial charge in [0, 0.05) is 32.2 Å². The summed E-state index contributed by atoms with van der Waals surface area (Å²) in [5.74, 6) is 0.0806. The molecule has 1 aliphatic heterocycles. The lowest BCUT2D eigenvalue weighted by atomic mass is 10.0. The van der Waals surface area contributed by atoms with E-state index in [4.69, 9.17) is 0 Å². The molecular weight excluding hydrogens is 345 g/mol. The number of halogens is 1. The van der Waals surface area contributed by atoms with E-state index in [9.17, 15) is 14.3 Å². The van der Waals surface area contributed by atoms with Crippen LogP contribution in [0.25, 0.3) is 0 Å². The molecule has 1 atom stereocenters. The average molecular weight is 371 g/mol. The minimum Gasteiger partial charge on any atom is -0.506 e. The van der Waals surface area contributed by atoms with Gasteiger partial charge in [0.1, 0.15) is 17.3 Å². The first-order valence-electron chi connectivity index (χ1n) is 9.37. The quantitative estimate of drug-likeness (QED) is 0.896. The molecule has 3 rings (SSSR count). The van der Waals surface area contributed by atoms with Gasteiger partial charge in [0.05, 0.1) is 6.20 Å². The molecule has 144 valence electrons. The van der Waals surface area contributed by atoms with Gasteiger partial charge in [-0.05, 0) is 42.2 Å². The number of aromatic hydroxyl groups is 1. The van der Waals surface area contributed by atoms with Gasteiger partial charge in [-0.15, -0.1) is 0 Å². The first-order valence-corrected chi connectivity index (χ1v) is 9.37. The van der Waals surface area contributed by atoms with Crippen molar-refractivity contribution in [3.05, 3.63) is 59.7 Å². The number of pyridine rings is 1. The first kappa shape index (κ1) is 19.3. The van der Waals surface area contributed by atoms with Crippen LogP contribution in [0.4, 0.5) is 4.39 Å². The van der Waals surface area contributed by atoms with Crippen LogP contribution in [0.1, 0.15) is 36.3 Å². The maximum atomic E-state index is 13.2. The Kier molecular flexibility index (Phi) is 6.06. The molecule has 2 heterocycles. The molecule has 0 saturated carbocycles. The van der Waals surface area contributed by atoms with Crippen LogP contribution in [-0.4, -0.2) is 51.5 Å². The minimum atomic E-state index is -0.229. The highest BCUT2D eigenvalue weighted by Gasteiger charge is 2.30. The molecule has 6 heteroatoms. The molecule has 1 aromatic carbocycles. The number of amides is 1. The van der Waals surface area contributed by atoms with Gasteiger partial charge in [0.2, 0.25) is 0 Å². The van der Waals surface area contributed by atoms with Gasteiger partial charge in [0.25, 0.3) is 5.91 Å². The Morgan fingerprint density at radius 1 is 1.22 bits per heavy atom. The maximum Gasteiger partial charge on any atom is 0.272 e. The van der Waals surface area contributed by atoms with Crippen molar-refractivity contribution in [2.45, 2.75) is 32.9 Å². The smallest absolute Gasteiger partial charge is 0.272 e. The van der Waals surface area contributed by atoms with E-state index >= 15 is 0 Å². The molecule has 1 aliphatic rings. The van der Waals surface area contributed by atoms with E-state index < -0.39 is 0 Å². The molecule has 0 radical (unpaired) electrons. The van der Waals surface area contributed by atoms with Crippen molar-refractivity contribution in [2.24, 2.45) is 5.92 Å². The lowest BCUT2D eigenvalue weighted by Gasteiger charge is -2.34. The minimum absolute atomic E-state index is 0.0490. The normalized spacial score (nSPS) is 18.5. The predicted molar refractivity (Wildman–Crippen MR) is 102 cm³/mol. The third-order valence-electron chi connectivity index (χ3n) is 5.07. The van der Waals surface area contributed by atoms with Crippen LogP contribution in [-0.2, 0) is 6.54 Å². The number of carbonyl (C=O) groups excluding carboxylic acids is 1. The van der Waals surface area contributed by atoms with E-state index in [0.717, 1.165) is 25.1 Å². The summed E-state index contributed by atoms with van der Waals surface area (Å²) in [6.07, 6.45) is 2.17.